The number of ether oxygens (including phenoxy) is 2. The van der Waals surface area contributed by atoms with Crippen LogP contribution in [0, 0.1) is 19.8 Å². The second kappa shape index (κ2) is 11.4. The Bertz CT molecular complexity index is 1030. The monoisotopic (exact) mass is 468 g/mol. The number of carbonyl (C=O) groups is 3. The molecule has 1 amide bonds. The number of carbonyl (C=O) groups excluding carboxylic acids is 3. The maximum absolute atomic E-state index is 13.6. The fourth-order valence-corrected chi connectivity index (χ4v) is 5.13. The van der Waals surface area contributed by atoms with Gasteiger partial charge in [-0.1, -0.05) is 19.3 Å². The lowest BCUT2D eigenvalue weighted by Crippen LogP contribution is -2.40. The van der Waals surface area contributed by atoms with Crippen LogP contribution in [0.1, 0.15) is 81.5 Å². The number of methoxy groups -OCH3 is 2. The zero-order valence-corrected chi connectivity index (χ0v) is 21.0. The van der Waals surface area contributed by atoms with Crippen molar-refractivity contribution in [1.29, 1.82) is 0 Å². The number of hydrogen-bond acceptors (Lipinski definition) is 5. The lowest BCUT2D eigenvalue weighted by Gasteiger charge is -2.29. The molecule has 0 atom stereocenters. The molecule has 0 N–H and O–H groups in total. The summed E-state index contributed by atoms with van der Waals surface area (Å²) in [5, 5.41) is 0. The van der Waals surface area contributed by atoms with Crippen molar-refractivity contribution in [3.8, 4) is 5.75 Å². The minimum Gasteiger partial charge on any atom is -0.497 e. The van der Waals surface area contributed by atoms with Crippen molar-refractivity contribution in [2.75, 3.05) is 27.3 Å². The van der Waals surface area contributed by atoms with E-state index in [1.54, 1.807) is 43.2 Å². The van der Waals surface area contributed by atoms with Crippen molar-refractivity contribution < 1.29 is 23.9 Å². The first kappa shape index (κ1) is 25.5. The van der Waals surface area contributed by atoms with Crippen molar-refractivity contribution in [2.24, 2.45) is 5.92 Å². The first-order valence-electron chi connectivity index (χ1n) is 12.1. The number of aromatic nitrogens is 1. The Morgan fingerprint density at radius 3 is 2.24 bits per heavy atom. The van der Waals surface area contributed by atoms with Crippen molar-refractivity contribution in [2.45, 2.75) is 59.4 Å². The van der Waals surface area contributed by atoms with Crippen molar-refractivity contribution >= 4 is 17.7 Å². The Hall–Kier alpha value is -3.09. The van der Waals surface area contributed by atoms with Gasteiger partial charge in [-0.05, 0) is 69.4 Å². The van der Waals surface area contributed by atoms with E-state index in [1.807, 2.05) is 18.4 Å². The minimum absolute atomic E-state index is 0.0304. The molecular formula is C27H36N2O5. The van der Waals surface area contributed by atoms with Gasteiger partial charge in [0, 0.05) is 29.9 Å². The van der Waals surface area contributed by atoms with Gasteiger partial charge in [0.2, 0.25) is 0 Å². The number of Topliss-reactive ketones (excluding diaryl/α,β-unsaturated/α-hetero) is 1. The number of nitrogens with zero attached hydrogens (tertiary/aromatic N) is 2. The fourth-order valence-electron chi connectivity index (χ4n) is 5.13. The van der Waals surface area contributed by atoms with Crippen LogP contribution in [0.2, 0.25) is 0 Å². The van der Waals surface area contributed by atoms with Crippen LogP contribution in [-0.4, -0.2) is 54.4 Å². The van der Waals surface area contributed by atoms with Crippen molar-refractivity contribution in [1.82, 2.24) is 9.47 Å². The first-order chi connectivity index (χ1) is 16.3. The molecule has 0 spiro atoms. The smallest absolute Gasteiger partial charge is 0.354 e. The molecule has 1 aromatic heterocycles. The highest BCUT2D eigenvalue weighted by molar-refractivity contribution is 6.06. The van der Waals surface area contributed by atoms with E-state index in [4.69, 9.17) is 9.47 Å². The SMILES string of the molecule is CCn1c(C)c(C(=O)CN(CC2CCCCC2)C(=O)c2ccc(OC)cc2)c(C)c1C(=O)OC. The molecule has 7 nitrogen and oxygen atoms in total. The third kappa shape index (κ3) is 5.34. The summed E-state index contributed by atoms with van der Waals surface area (Å²) in [6.07, 6.45) is 5.67. The molecule has 3 rings (SSSR count). The van der Waals surface area contributed by atoms with Gasteiger partial charge in [0.05, 0.1) is 20.8 Å². The second-order valence-corrected chi connectivity index (χ2v) is 9.01. The van der Waals surface area contributed by atoms with Gasteiger partial charge in [0.15, 0.2) is 5.78 Å². The van der Waals surface area contributed by atoms with Gasteiger partial charge in [-0.25, -0.2) is 4.79 Å². The van der Waals surface area contributed by atoms with Gasteiger partial charge in [-0.3, -0.25) is 9.59 Å². The van der Waals surface area contributed by atoms with Crippen LogP contribution in [-0.2, 0) is 11.3 Å². The molecule has 184 valence electrons. The zero-order valence-electron chi connectivity index (χ0n) is 21.0. The molecule has 2 aromatic rings. The van der Waals surface area contributed by atoms with E-state index >= 15 is 0 Å². The van der Waals surface area contributed by atoms with Crippen LogP contribution in [0.4, 0.5) is 0 Å². The van der Waals surface area contributed by atoms with Gasteiger partial charge in [0.25, 0.3) is 5.91 Å². The molecule has 0 radical (unpaired) electrons. The van der Waals surface area contributed by atoms with Crippen LogP contribution in [0.15, 0.2) is 24.3 Å². The third-order valence-corrected chi connectivity index (χ3v) is 6.90. The van der Waals surface area contributed by atoms with Gasteiger partial charge in [-0.2, -0.15) is 0 Å². The Morgan fingerprint density at radius 2 is 1.68 bits per heavy atom. The molecule has 0 saturated heterocycles. The molecule has 34 heavy (non-hydrogen) atoms. The number of esters is 1. The van der Waals surface area contributed by atoms with E-state index in [0.29, 0.717) is 47.1 Å². The van der Waals surface area contributed by atoms with Gasteiger partial charge in [0.1, 0.15) is 11.4 Å². The van der Waals surface area contributed by atoms with Crippen LogP contribution in [0.3, 0.4) is 0 Å². The first-order valence-corrected chi connectivity index (χ1v) is 12.1. The van der Waals surface area contributed by atoms with Gasteiger partial charge < -0.3 is 18.9 Å². The lowest BCUT2D eigenvalue weighted by molar-refractivity contribution is 0.0587. The van der Waals surface area contributed by atoms with E-state index in [1.165, 1.54) is 13.5 Å². The lowest BCUT2D eigenvalue weighted by atomic mass is 9.88. The number of hydrogen-bond donors (Lipinski definition) is 0. The second-order valence-electron chi connectivity index (χ2n) is 9.01. The number of amides is 1. The maximum atomic E-state index is 13.6. The normalized spacial score (nSPS) is 14.0. The maximum Gasteiger partial charge on any atom is 0.354 e. The summed E-state index contributed by atoms with van der Waals surface area (Å²) >= 11 is 0. The predicted molar refractivity (Wildman–Crippen MR) is 131 cm³/mol. The molecule has 1 aliphatic carbocycles. The van der Waals surface area contributed by atoms with Crippen molar-refractivity contribution in [3.63, 3.8) is 0 Å². The fraction of sp³-hybridized carbons (Fsp3) is 0.519. The minimum atomic E-state index is -0.463. The average molecular weight is 469 g/mol. The quantitative estimate of drug-likeness (QED) is 0.389. The van der Waals surface area contributed by atoms with Crippen LogP contribution < -0.4 is 4.74 Å². The highest BCUT2D eigenvalue weighted by Gasteiger charge is 2.29. The standard InChI is InChI=1S/C27H36N2O5/c1-6-29-19(3)24(18(2)25(29)27(32)34-5)23(30)17-28(16-20-10-8-7-9-11-20)26(31)21-12-14-22(33-4)15-13-21/h12-15,20H,6-11,16-17H2,1-5H3. The molecule has 1 fully saturated rings. The molecule has 1 aliphatic rings. The predicted octanol–water partition coefficient (Wildman–Crippen LogP) is 4.83. The molecule has 1 heterocycles. The number of ketones is 1. The summed E-state index contributed by atoms with van der Waals surface area (Å²) in [4.78, 5) is 41.2. The Balaban J connectivity index is 1.92. The molecule has 0 unspecified atom stereocenters. The van der Waals surface area contributed by atoms with E-state index in [0.717, 1.165) is 31.4 Å². The summed E-state index contributed by atoms with van der Waals surface area (Å²) in [7, 11) is 2.92. The molecule has 1 saturated carbocycles. The highest BCUT2D eigenvalue weighted by Crippen LogP contribution is 2.27. The number of rotatable bonds is 9. The largest absolute Gasteiger partial charge is 0.497 e. The van der Waals surface area contributed by atoms with E-state index in [9.17, 15) is 14.4 Å². The van der Waals surface area contributed by atoms with Crippen LogP contribution in [0.25, 0.3) is 0 Å². The Morgan fingerprint density at radius 1 is 1.03 bits per heavy atom. The average Bonchev–Trinajstić information content (AvgIpc) is 3.12. The topological polar surface area (TPSA) is 77.8 Å². The van der Waals surface area contributed by atoms with Crippen LogP contribution in [0.5, 0.6) is 5.75 Å². The molecule has 7 heteroatoms. The summed E-state index contributed by atoms with van der Waals surface area (Å²) in [5.74, 6) is 0.269. The number of benzene rings is 1. The Kier molecular flexibility index (Phi) is 8.53. The molecule has 0 bridgehead atoms. The zero-order chi connectivity index (χ0) is 24.8. The van der Waals surface area contributed by atoms with Gasteiger partial charge in [-0.15, -0.1) is 0 Å². The Labute approximate surface area is 202 Å². The molecular weight excluding hydrogens is 432 g/mol. The summed E-state index contributed by atoms with van der Waals surface area (Å²) in [6.45, 7) is 6.60. The van der Waals surface area contributed by atoms with E-state index < -0.39 is 5.97 Å². The highest BCUT2D eigenvalue weighted by atomic mass is 16.5. The summed E-state index contributed by atoms with van der Waals surface area (Å²) in [5.41, 5.74) is 2.74. The summed E-state index contributed by atoms with van der Waals surface area (Å²) in [6, 6.07) is 6.98. The van der Waals surface area contributed by atoms with E-state index in [-0.39, 0.29) is 18.2 Å². The molecule has 1 aromatic carbocycles. The van der Waals surface area contributed by atoms with Gasteiger partial charge >= 0.3 is 5.97 Å². The molecule has 0 aliphatic heterocycles. The van der Waals surface area contributed by atoms with Crippen molar-refractivity contribution in [3.05, 3.63) is 52.3 Å². The van der Waals surface area contributed by atoms with Crippen LogP contribution >= 0.6 is 0 Å². The van der Waals surface area contributed by atoms with E-state index in [2.05, 4.69) is 0 Å². The third-order valence-electron chi connectivity index (χ3n) is 6.90. The summed E-state index contributed by atoms with van der Waals surface area (Å²) < 4.78 is 12.0.